The van der Waals surface area contributed by atoms with Gasteiger partial charge in [0.1, 0.15) is 0 Å². The van der Waals surface area contributed by atoms with Crippen LogP contribution in [0.5, 0.6) is 0 Å². The zero-order valence-corrected chi connectivity index (χ0v) is 15.7. The molecule has 0 spiro atoms. The number of hydrogen-bond donors (Lipinski definition) is 2. The molecule has 4 heteroatoms. The fourth-order valence-electron chi connectivity index (χ4n) is 4.15. The van der Waals surface area contributed by atoms with Crippen molar-refractivity contribution >= 4 is 10.9 Å². The Morgan fingerprint density at radius 3 is 2.44 bits per heavy atom. The molecule has 2 aromatic carbocycles. The van der Waals surface area contributed by atoms with Crippen LogP contribution in [0.4, 0.5) is 0 Å². The standard InChI is InChI=1S/C23H28N2O2/c26-17-23(27)21-8-11-24(12-9-21)15-19-6-7-20-10-13-25(22(20)14-19)16-18-4-2-1-3-5-18/h1-7,10,13-14,21,23,26-27H,8-9,11-12,15-17H2. The van der Waals surface area contributed by atoms with Crippen molar-refractivity contribution < 1.29 is 10.2 Å². The third kappa shape index (κ3) is 4.24. The predicted octanol–water partition coefficient (Wildman–Crippen LogP) is 3.25. The van der Waals surface area contributed by atoms with Crippen molar-refractivity contribution in [1.82, 2.24) is 9.47 Å². The molecule has 0 bridgehead atoms. The van der Waals surface area contributed by atoms with Crippen molar-refractivity contribution in [1.29, 1.82) is 0 Å². The lowest BCUT2D eigenvalue weighted by atomic mass is 9.91. The minimum absolute atomic E-state index is 0.125. The van der Waals surface area contributed by atoms with E-state index in [0.717, 1.165) is 39.0 Å². The summed E-state index contributed by atoms with van der Waals surface area (Å²) in [6.45, 7) is 3.65. The van der Waals surface area contributed by atoms with Gasteiger partial charge < -0.3 is 14.8 Å². The molecule has 0 saturated carbocycles. The molecule has 0 radical (unpaired) electrons. The smallest absolute Gasteiger partial charge is 0.0799 e. The van der Waals surface area contributed by atoms with Crippen LogP contribution < -0.4 is 0 Å². The summed E-state index contributed by atoms with van der Waals surface area (Å²) in [5.41, 5.74) is 3.92. The molecule has 1 fully saturated rings. The van der Waals surface area contributed by atoms with E-state index in [9.17, 15) is 5.11 Å². The van der Waals surface area contributed by atoms with E-state index >= 15 is 0 Å². The van der Waals surface area contributed by atoms with E-state index in [0.29, 0.717) is 0 Å². The number of likely N-dealkylation sites (tertiary alicyclic amines) is 1. The van der Waals surface area contributed by atoms with Gasteiger partial charge in [0, 0.05) is 24.8 Å². The Morgan fingerprint density at radius 1 is 0.926 bits per heavy atom. The Hall–Kier alpha value is -2.14. The van der Waals surface area contributed by atoms with Gasteiger partial charge in [-0.05, 0) is 60.5 Å². The minimum atomic E-state index is -0.565. The number of piperidine rings is 1. The third-order valence-corrected chi connectivity index (χ3v) is 5.80. The molecular formula is C23H28N2O2. The van der Waals surface area contributed by atoms with E-state index in [2.05, 4.69) is 70.3 Å². The molecule has 1 aliphatic heterocycles. The maximum Gasteiger partial charge on any atom is 0.0799 e. The molecule has 2 N–H and O–H groups in total. The highest BCUT2D eigenvalue weighted by atomic mass is 16.3. The van der Waals surface area contributed by atoms with Gasteiger partial charge in [-0.25, -0.2) is 0 Å². The first-order valence-corrected chi connectivity index (χ1v) is 9.86. The van der Waals surface area contributed by atoms with Crippen LogP contribution in [0, 0.1) is 5.92 Å². The van der Waals surface area contributed by atoms with Gasteiger partial charge in [0.2, 0.25) is 0 Å². The number of rotatable bonds is 6. The fourth-order valence-corrected chi connectivity index (χ4v) is 4.15. The highest BCUT2D eigenvalue weighted by molar-refractivity contribution is 5.81. The zero-order valence-electron chi connectivity index (χ0n) is 15.7. The van der Waals surface area contributed by atoms with Crippen LogP contribution in [0.2, 0.25) is 0 Å². The first-order chi connectivity index (χ1) is 13.2. The molecule has 1 unspecified atom stereocenters. The molecule has 0 amide bonds. The molecule has 1 saturated heterocycles. The molecule has 27 heavy (non-hydrogen) atoms. The molecule has 3 aromatic rings. The van der Waals surface area contributed by atoms with Crippen molar-refractivity contribution in [3.05, 3.63) is 71.9 Å². The van der Waals surface area contributed by atoms with Crippen LogP contribution in [-0.4, -0.2) is 45.5 Å². The van der Waals surface area contributed by atoms with Crippen LogP contribution in [-0.2, 0) is 13.1 Å². The second kappa shape index (κ2) is 8.26. The minimum Gasteiger partial charge on any atom is -0.394 e. The van der Waals surface area contributed by atoms with Gasteiger partial charge in [-0.2, -0.15) is 0 Å². The Balaban J connectivity index is 1.45. The van der Waals surface area contributed by atoms with Crippen LogP contribution in [0.25, 0.3) is 10.9 Å². The zero-order chi connectivity index (χ0) is 18.6. The SMILES string of the molecule is OCC(O)C1CCN(Cc2ccc3ccn(Cc4ccccc4)c3c2)CC1. The maximum atomic E-state index is 9.83. The topological polar surface area (TPSA) is 48.6 Å². The molecule has 1 aliphatic rings. The van der Waals surface area contributed by atoms with Crippen LogP contribution >= 0.6 is 0 Å². The van der Waals surface area contributed by atoms with Gasteiger partial charge in [0.25, 0.3) is 0 Å². The average Bonchev–Trinajstić information content (AvgIpc) is 3.11. The third-order valence-electron chi connectivity index (χ3n) is 5.80. The van der Waals surface area contributed by atoms with E-state index in [1.807, 2.05) is 0 Å². The van der Waals surface area contributed by atoms with Gasteiger partial charge in [0.05, 0.1) is 12.7 Å². The normalized spacial score (nSPS) is 17.4. The first kappa shape index (κ1) is 18.2. The molecular weight excluding hydrogens is 336 g/mol. The van der Waals surface area contributed by atoms with E-state index in [1.165, 1.54) is 22.0 Å². The molecule has 1 aromatic heterocycles. The largest absolute Gasteiger partial charge is 0.394 e. The van der Waals surface area contributed by atoms with Crippen LogP contribution in [0.1, 0.15) is 24.0 Å². The number of hydrogen-bond acceptors (Lipinski definition) is 3. The highest BCUT2D eigenvalue weighted by Gasteiger charge is 2.24. The van der Waals surface area contributed by atoms with Crippen LogP contribution in [0.15, 0.2) is 60.8 Å². The Labute approximate surface area is 160 Å². The second-order valence-electron chi connectivity index (χ2n) is 7.69. The van der Waals surface area contributed by atoms with Gasteiger partial charge in [-0.15, -0.1) is 0 Å². The van der Waals surface area contributed by atoms with Crippen molar-refractivity contribution in [3.8, 4) is 0 Å². The quantitative estimate of drug-likeness (QED) is 0.706. The number of aliphatic hydroxyl groups excluding tert-OH is 2. The van der Waals surface area contributed by atoms with Crippen molar-refractivity contribution in [3.63, 3.8) is 0 Å². The number of nitrogens with zero attached hydrogens (tertiary/aromatic N) is 2. The highest BCUT2D eigenvalue weighted by Crippen LogP contribution is 2.24. The average molecular weight is 364 g/mol. The summed E-state index contributed by atoms with van der Waals surface area (Å²) in [5.74, 6) is 0.233. The molecule has 4 rings (SSSR count). The van der Waals surface area contributed by atoms with Gasteiger partial charge in [0.15, 0.2) is 0 Å². The first-order valence-electron chi connectivity index (χ1n) is 9.86. The number of benzene rings is 2. The summed E-state index contributed by atoms with van der Waals surface area (Å²) in [6, 6.07) is 19.5. The molecule has 142 valence electrons. The fraction of sp³-hybridized carbons (Fsp3) is 0.391. The molecule has 4 nitrogen and oxygen atoms in total. The van der Waals surface area contributed by atoms with Gasteiger partial charge in [-0.1, -0.05) is 42.5 Å². The summed E-state index contributed by atoms with van der Waals surface area (Å²) < 4.78 is 2.32. The number of aromatic nitrogens is 1. The van der Waals surface area contributed by atoms with Crippen molar-refractivity contribution in [2.45, 2.75) is 32.0 Å². The van der Waals surface area contributed by atoms with Crippen LogP contribution in [0.3, 0.4) is 0 Å². The second-order valence-corrected chi connectivity index (χ2v) is 7.69. The monoisotopic (exact) mass is 364 g/mol. The lowest BCUT2D eigenvalue weighted by molar-refractivity contribution is 0.0172. The molecule has 1 atom stereocenters. The summed E-state index contributed by atoms with van der Waals surface area (Å²) in [6.07, 6.45) is 3.51. The van der Waals surface area contributed by atoms with Crippen molar-refractivity contribution in [2.75, 3.05) is 19.7 Å². The van der Waals surface area contributed by atoms with E-state index < -0.39 is 6.10 Å². The van der Waals surface area contributed by atoms with E-state index in [4.69, 9.17) is 5.11 Å². The van der Waals surface area contributed by atoms with Gasteiger partial charge >= 0.3 is 0 Å². The van der Waals surface area contributed by atoms with Gasteiger partial charge in [-0.3, -0.25) is 4.90 Å². The van der Waals surface area contributed by atoms with Crippen molar-refractivity contribution in [2.24, 2.45) is 5.92 Å². The lowest BCUT2D eigenvalue weighted by Crippen LogP contribution is -2.38. The molecule has 2 heterocycles. The summed E-state index contributed by atoms with van der Waals surface area (Å²) in [5, 5.41) is 20.2. The summed E-state index contributed by atoms with van der Waals surface area (Å²) in [7, 11) is 0. The van der Waals surface area contributed by atoms with E-state index in [-0.39, 0.29) is 12.5 Å². The number of aliphatic hydroxyl groups is 2. The summed E-state index contributed by atoms with van der Waals surface area (Å²) in [4.78, 5) is 2.45. The maximum absolute atomic E-state index is 9.83. The Morgan fingerprint density at radius 2 is 1.70 bits per heavy atom. The lowest BCUT2D eigenvalue weighted by Gasteiger charge is -2.33. The Bertz CT molecular complexity index is 866. The van der Waals surface area contributed by atoms with E-state index in [1.54, 1.807) is 0 Å². The number of fused-ring (bicyclic) bond motifs is 1. The predicted molar refractivity (Wildman–Crippen MR) is 109 cm³/mol. The summed E-state index contributed by atoms with van der Waals surface area (Å²) >= 11 is 0. The Kier molecular flexibility index (Phi) is 5.58. The molecule has 0 aliphatic carbocycles.